The standard InChI is InChI=1S/C17H14BrNO2/c1-11-9-17(21-13-5-3-12(18)4-6-13)15-10-14(20-2)7-8-16(15)19-11/h3-10H,1-2H3. The van der Waals surface area contributed by atoms with Gasteiger partial charge in [-0.3, -0.25) is 4.98 Å². The molecule has 3 nitrogen and oxygen atoms in total. The van der Waals surface area contributed by atoms with Gasteiger partial charge in [0.2, 0.25) is 0 Å². The first-order valence-corrected chi connectivity index (χ1v) is 7.34. The molecule has 0 spiro atoms. The van der Waals surface area contributed by atoms with Crippen LogP contribution >= 0.6 is 15.9 Å². The molecule has 2 aromatic carbocycles. The smallest absolute Gasteiger partial charge is 0.138 e. The molecule has 106 valence electrons. The highest BCUT2D eigenvalue weighted by atomic mass is 79.9. The van der Waals surface area contributed by atoms with Gasteiger partial charge >= 0.3 is 0 Å². The Labute approximate surface area is 131 Å². The van der Waals surface area contributed by atoms with Gasteiger partial charge in [0, 0.05) is 21.6 Å². The molecule has 1 heterocycles. The maximum Gasteiger partial charge on any atom is 0.138 e. The fourth-order valence-electron chi connectivity index (χ4n) is 2.14. The lowest BCUT2D eigenvalue weighted by Gasteiger charge is -2.11. The fraction of sp³-hybridized carbons (Fsp3) is 0.118. The Morgan fingerprint density at radius 1 is 0.952 bits per heavy atom. The monoisotopic (exact) mass is 343 g/mol. The van der Waals surface area contributed by atoms with Crippen molar-refractivity contribution in [1.82, 2.24) is 4.98 Å². The van der Waals surface area contributed by atoms with Gasteiger partial charge in [0.25, 0.3) is 0 Å². The van der Waals surface area contributed by atoms with Crippen molar-refractivity contribution in [3.63, 3.8) is 0 Å². The number of pyridine rings is 1. The Hall–Kier alpha value is -2.07. The number of hydrogen-bond acceptors (Lipinski definition) is 3. The van der Waals surface area contributed by atoms with E-state index in [1.165, 1.54) is 0 Å². The Bertz CT molecular complexity index is 785. The number of hydrogen-bond donors (Lipinski definition) is 0. The van der Waals surface area contributed by atoms with Gasteiger partial charge < -0.3 is 9.47 Å². The number of rotatable bonds is 3. The van der Waals surface area contributed by atoms with Crippen LogP contribution in [0.15, 0.2) is 53.0 Å². The third-order valence-electron chi connectivity index (χ3n) is 3.15. The Morgan fingerprint density at radius 3 is 2.38 bits per heavy atom. The predicted molar refractivity (Wildman–Crippen MR) is 87.2 cm³/mol. The number of ether oxygens (including phenoxy) is 2. The van der Waals surface area contributed by atoms with E-state index in [-0.39, 0.29) is 0 Å². The molecule has 3 aromatic rings. The SMILES string of the molecule is COc1ccc2nc(C)cc(Oc3ccc(Br)cc3)c2c1. The Morgan fingerprint density at radius 2 is 1.67 bits per heavy atom. The highest BCUT2D eigenvalue weighted by Gasteiger charge is 2.08. The van der Waals surface area contributed by atoms with E-state index >= 15 is 0 Å². The number of benzene rings is 2. The van der Waals surface area contributed by atoms with Crippen molar-refractivity contribution in [3.8, 4) is 17.2 Å². The maximum absolute atomic E-state index is 6.01. The molecule has 0 radical (unpaired) electrons. The van der Waals surface area contributed by atoms with Crippen molar-refractivity contribution in [2.24, 2.45) is 0 Å². The lowest BCUT2D eigenvalue weighted by atomic mass is 10.1. The molecule has 0 aliphatic rings. The average molecular weight is 344 g/mol. The van der Waals surface area contributed by atoms with E-state index in [0.29, 0.717) is 0 Å². The first-order valence-electron chi connectivity index (χ1n) is 6.54. The van der Waals surface area contributed by atoms with Gasteiger partial charge in [-0.05, 0) is 49.4 Å². The first kappa shape index (κ1) is 13.9. The van der Waals surface area contributed by atoms with E-state index in [2.05, 4.69) is 20.9 Å². The van der Waals surface area contributed by atoms with Crippen molar-refractivity contribution in [1.29, 1.82) is 0 Å². The van der Waals surface area contributed by atoms with Crippen molar-refractivity contribution < 1.29 is 9.47 Å². The predicted octanol–water partition coefficient (Wildman–Crippen LogP) is 5.11. The zero-order chi connectivity index (χ0) is 14.8. The van der Waals surface area contributed by atoms with Crippen LogP contribution in [0.25, 0.3) is 10.9 Å². The largest absolute Gasteiger partial charge is 0.497 e. The van der Waals surface area contributed by atoms with Gasteiger partial charge in [0.15, 0.2) is 0 Å². The third-order valence-corrected chi connectivity index (χ3v) is 3.68. The van der Waals surface area contributed by atoms with Gasteiger partial charge in [0.1, 0.15) is 17.2 Å². The highest BCUT2D eigenvalue weighted by Crippen LogP contribution is 2.32. The van der Waals surface area contributed by atoms with E-state index in [0.717, 1.165) is 38.3 Å². The third kappa shape index (κ3) is 3.00. The van der Waals surface area contributed by atoms with Crippen LogP contribution in [0.4, 0.5) is 0 Å². The second-order valence-corrected chi connectivity index (χ2v) is 5.62. The minimum atomic E-state index is 0.777. The van der Waals surface area contributed by atoms with Crippen LogP contribution in [0.1, 0.15) is 5.69 Å². The van der Waals surface area contributed by atoms with E-state index in [4.69, 9.17) is 9.47 Å². The second kappa shape index (κ2) is 5.74. The van der Waals surface area contributed by atoms with Crippen molar-refractivity contribution in [2.75, 3.05) is 7.11 Å². The lowest BCUT2D eigenvalue weighted by molar-refractivity contribution is 0.415. The molecule has 1 aromatic heterocycles. The highest BCUT2D eigenvalue weighted by molar-refractivity contribution is 9.10. The van der Waals surface area contributed by atoms with E-state index < -0.39 is 0 Å². The van der Waals surface area contributed by atoms with Gasteiger partial charge in [-0.2, -0.15) is 0 Å². The minimum absolute atomic E-state index is 0.777. The van der Waals surface area contributed by atoms with Crippen LogP contribution in [-0.4, -0.2) is 12.1 Å². The number of halogens is 1. The molecule has 0 aliphatic carbocycles. The van der Waals surface area contributed by atoms with Gasteiger partial charge in [-0.25, -0.2) is 0 Å². The molecule has 0 fully saturated rings. The summed E-state index contributed by atoms with van der Waals surface area (Å²) in [6.45, 7) is 1.96. The molecular weight excluding hydrogens is 330 g/mol. The lowest BCUT2D eigenvalue weighted by Crippen LogP contribution is -1.91. The second-order valence-electron chi connectivity index (χ2n) is 4.70. The molecule has 0 atom stereocenters. The number of nitrogens with zero attached hydrogens (tertiary/aromatic N) is 1. The number of methoxy groups -OCH3 is 1. The van der Waals surface area contributed by atoms with Gasteiger partial charge in [-0.15, -0.1) is 0 Å². The average Bonchev–Trinajstić information content (AvgIpc) is 2.49. The zero-order valence-electron chi connectivity index (χ0n) is 11.8. The molecule has 0 bridgehead atoms. The topological polar surface area (TPSA) is 31.4 Å². The van der Waals surface area contributed by atoms with Gasteiger partial charge in [-0.1, -0.05) is 15.9 Å². The zero-order valence-corrected chi connectivity index (χ0v) is 13.3. The summed E-state index contributed by atoms with van der Waals surface area (Å²) >= 11 is 3.42. The first-order chi connectivity index (χ1) is 10.2. The van der Waals surface area contributed by atoms with Gasteiger partial charge in [0.05, 0.1) is 12.6 Å². The summed E-state index contributed by atoms with van der Waals surface area (Å²) in [4.78, 5) is 4.52. The molecule has 0 N–H and O–H groups in total. The molecule has 0 aliphatic heterocycles. The summed E-state index contributed by atoms with van der Waals surface area (Å²) in [5.74, 6) is 2.35. The van der Waals surface area contributed by atoms with Crippen molar-refractivity contribution in [2.45, 2.75) is 6.92 Å². The van der Waals surface area contributed by atoms with Crippen LogP contribution in [0, 0.1) is 6.92 Å². The van der Waals surface area contributed by atoms with Crippen LogP contribution in [0.2, 0.25) is 0 Å². The number of aromatic nitrogens is 1. The normalized spacial score (nSPS) is 10.6. The summed E-state index contributed by atoms with van der Waals surface area (Å²) in [6.07, 6.45) is 0. The van der Waals surface area contributed by atoms with Crippen LogP contribution in [0.5, 0.6) is 17.2 Å². The summed E-state index contributed by atoms with van der Waals surface area (Å²) in [6, 6.07) is 15.5. The van der Waals surface area contributed by atoms with Crippen molar-refractivity contribution >= 4 is 26.8 Å². The molecular formula is C17H14BrNO2. The molecule has 0 unspecified atom stereocenters. The molecule has 3 rings (SSSR count). The summed E-state index contributed by atoms with van der Waals surface area (Å²) in [5.41, 5.74) is 1.81. The summed E-state index contributed by atoms with van der Waals surface area (Å²) in [5, 5.41) is 0.933. The molecule has 0 amide bonds. The van der Waals surface area contributed by atoms with E-state index in [1.807, 2.05) is 55.5 Å². The van der Waals surface area contributed by atoms with Crippen LogP contribution in [-0.2, 0) is 0 Å². The quantitative estimate of drug-likeness (QED) is 0.662. The maximum atomic E-state index is 6.01. The molecule has 0 saturated heterocycles. The molecule has 0 saturated carbocycles. The Balaban J connectivity index is 2.09. The van der Waals surface area contributed by atoms with Crippen molar-refractivity contribution in [3.05, 3.63) is 58.7 Å². The fourth-order valence-corrected chi connectivity index (χ4v) is 2.41. The van der Waals surface area contributed by atoms with E-state index in [9.17, 15) is 0 Å². The van der Waals surface area contributed by atoms with Crippen LogP contribution in [0.3, 0.4) is 0 Å². The van der Waals surface area contributed by atoms with E-state index in [1.54, 1.807) is 7.11 Å². The number of aryl methyl sites for hydroxylation is 1. The van der Waals surface area contributed by atoms with Crippen LogP contribution < -0.4 is 9.47 Å². The molecule has 21 heavy (non-hydrogen) atoms. The number of fused-ring (bicyclic) bond motifs is 1. The summed E-state index contributed by atoms with van der Waals surface area (Å²) in [7, 11) is 1.65. The minimum Gasteiger partial charge on any atom is -0.497 e. The molecule has 4 heteroatoms. The summed E-state index contributed by atoms with van der Waals surface area (Å²) < 4.78 is 12.3. The Kier molecular flexibility index (Phi) is 3.80.